The van der Waals surface area contributed by atoms with Gasteiger partial charge in [-0.2, -0.15) is 0 Å². The number of carbonyl (C=O) groups excluding carboxylic acids is 1. The van der Waals surface area contributed by atoms with E-state index in [1.165, 1.54) is 23.1 Å². The van der Waals surface area contributed by atoms with Crippen molar-refractivity contribution in [1.82, 2.24) is 4.90 Å². The molecule has 20 heavy (non-hydrogen) atoms. The second-order valence-corrected chi connectivity index (χ2v) is 5.57. The number of carbonyl (C=O) groups is 2. The predicted molar refractivity (Wildman–Crippen MR) is 72.2 cm³/mol. The van der Waals surface area contributed by atoms with Gasteiger partial charge in [0.15, 0.2) is 0 Å². The summed E-state index contributed by atoms with van der Waals surface area (Å²) in [6.07, 6.45) is 0.538. The predicted octanol–water partition coefficient (Wildman–Crippen LogP) is 2.66. The largest absolute Gasteiger partial charge is 0.481 e. The Morgan fingerprint density at radius 1 is 1.40 bits per heavy atom. The van der Waals surface area contributed by atoms with E-state index in [0.717, 1.165) is 0 Å². The minimum absolute atomic E-state index is 0.0740. The van der Waals surface area contributed by atoms with Crippen molar-refractivity contribution in [1.29, 1.82) is 0 Å². The van der Waals surface area contributed by atoms with Crippen molar-refractivity contribution < 1.29 is 19.1 Å². The van der Waals surface area contributed by atoms with Crippen molar-refractivity contribution in [3.05, 3.63) is 34.6 Å². The number of carboxylic acid groups (broad SMARTS) is 1. The quantitative estimate of drug-likeness (QED) is 0.913. The Hall–Kier alpha value is -1.62. The number of likely N-dealkylation sites (tertiary alicyclic amines) is 1. The molecule has 1 aromatic rings. The fourth-order valence-corrected chi connectivity index (χ4v) is 2.74. The molecular formula is C14H15ClFNO3. The molecule has 2 rings (SSSR count). The number of carboxylic acids is 1. The van der Waals surface area contributed by atoms with Crippen molar-refractivity contribution in [3.8, 4) is 0 Å². The molecule has 6 heteroatoms. The first-order valence-electron chi connectivity index (χ1n) is 6.36. The highest BCUT2D eigenvalue weighted by Crippen LogP contribution is 2.26. The molecule has 2 unspecified atom stereocenters. The van der Waals surface area contributed by atoms with Crippen LogP contribution in [0.25, 0.3) is 0 Å². The Labute approximate surface area is 121 Å². The monoisotopic (exact) mass is 299 g/mol. The summed E-state index contributed by atoms with van der Waals surface area (Å²) in [6.45, 7) is 2.48. The lowest BCUT2D eigenvalue weighted by molar-refractivity contribution is -0.143. The standard InChI is InChI=1S/C14H15ClFNO3/c1-8-5-9(14(19)20)7-17(6-8)13(18)10-3-2-4-11(16)12(10)15/h2-4,8-9H,5-7H2,1H3,(H,19,20). The van der Waals surface area contributed by atoms with Crippen molar-refractivity contribution >= 4 is 23.5 Å². The van der Waals surface area contributed by atoms with E-state index in [9.17, 15) is 14.0 Å². The summed E-state index contributed by atoms with van der Waals surface area (Å²) in [4.78, 5) is 24.9. The molecule has 0 spiro atoms. The second kappa shape index (κ2) is 5.79. The minimum Gasteiger partial charge on any atom is -0.481 e. The molecule has 0 radical (unpaired) electrons. The highest BCUT2D eigenvalue weighted by atomic mass is 35.5. The smallest absolute Gasteiger partial charge is 0.308 e. The average Bonchev–Trinajstić information content (AvgIpc) is 2.40. The number of hydrogen-bond donors (Lipinski definition) is 1. The zero-order chi connectivity index (χ0) is 14.9. The third-order valence-corrected chi connectivity index (χ3v) is 3.86. The van der Waals surface area contributed by atoms with Gasteiger partial charge in [0, 0.05) is 13.1 Å². The summed E-state index contributed by atoms with van der Waals surface area (Å²) in [5.74, 6) is -2.50. The van der Waals surface area contributed by atoms with Crippen LogP contribution in [0.1, 0.15) is 23.7 Å². The maximum Gasteiger partial charge on any atom is 0.308 e. The highest BCUT2D eigenvalue weighted by molar-refractivity contribution is 6.34. The van der Waals surface area contributed by atoms with E-state index >= 15 is 0 Å². The molecule has 1 amide bonds. The van der Waals surface area contributed by atoms with Gasteiger partial charge in [0.1, 0.15) is 5.82 Å². The normalized spacial score (nSPS) is 22.6. The Morgan fingerprint density at radius 2 is 2.10 bits per heavy atom. The molecule has 4 nitrogen and oxygen atoms in total. The first-order valence-corrected chi connectivity index (χ1v) is 6.74. The number of hydrogen-bond acceptors (Lipinski definition) is 2. The lowest BCUT2D eigenvalue weighted by atomic mass is 9.90. The molecular weight excluding hydrogens is 285 g/mol. The number of amides is 1. The van der Waals surface area contributed by atoms with Crippen LogP contribution in [0.3, 0.4) is 0 Å². The summed E-state index contributed by atoms with van der Waals surface area (Å²) in [7, 11) is 0. The molecule has 1 N–H and O–H groups in total. The highest BCUT2D eigenvalue weighted by Gasteiger charge is 2.33. The van der Waals surface area contributed by atoms with E-state index in [-0.39, 0.29) is 23.0 Å². The van der Waals surface area contributed by atoms with E-state index in [1.54, 1.807) is 0 Å². The lowest BCUT2D eigenvalue weighted by Crippen LogP contribution is -2.45. The SMILES string of the molecule is CC1CC(C(=O)O)CN(C(=O)c2cccc(F)c2Cl)C1. The van der Waals surface area contributed by atoms with Gasteiger partial charge >= 0.3 is 5.97 Å². The van der Waals surface area contributed by atoms with Crippen molar-refractivity contribution in [2.24, 2.45) is 11.8 Å². The number of piperidine rings is 1. The van der Waals surface area contributed by atoms with Gasteiger partial charge in [0.2, 0.25) is 0 Å². The third kappa shape index (κ3) is 2.93. The van der Waals surface area contributed by atoms with E-state index in [2.05, 4.69) is 0 Å². The molecule has 108 valence electrons. The Bertz CT molecular complexity index is 549. The Kier molecular flexibility index (Phi) is 4.28. The molecule has 1 aliphatic rings. The van der Waals surface area contributed by atoms with Crippen LogP contribution in [0.4, 0.5) is 4.39 Å². The number of halogens is 2. The molecule has 1 aliphatic heterocycles. The summed E-state index contributed by atoms with van der Waals surface area (Å²) in [5, 5.41) is 8.88. The molecule has 0 saturated carbocycles. The summed E-state index contributed by atoms with van der Waals surface area (Å²) < 4.78 is 13.4. The second-order valence-electron chi connectivity index (χ2n) is 5.19. The average molecular weight is 300 g/mol. The molecule has 1 aromatic carbocycles. The van der Waals surface area contributed by atoms with Crippen LogP contribution in [0, 0.1) is 17.7 Å². The first-order chi connectivity index (χ1) is 9.40. The van der Waals surface area contributed by atoms with Crippen LogP contribution in [0.15, 0.2) is 18.2 Å². The minimum atomic E-state index is -0.917. The van der Waals surface area contributed by atoms with Gasteiger partial charge in [0.05, 0.1) is 16.5 Å². The van der Waals surface area contributed by atoms with Crippen molar-refractivity contribution in [2.75, 3.05) is 13.1 Å². The summed E-state index contributed by atoms with van der Waals surface area (Å²) in [5.41, 5.74) is 0.0740. The van der Waals surface area contributed by atoms with Gasteiger partial charge in [-0.3, -0.25) is 9.59 Å². The van der Waals surface area contributed by atoms with Crippen LogP contribution in [0.5, 0.6) is 0 Å². The van der Waals surface area contributed by atoms with Gasteiger partial charge in [-0.15, -0.1) is 0 Å². The molecule has 0 aromatic heterocycles. The van der Waals surface area contributed by atoms with E-state index < -0.39 is 23.6 Å². The van der Waals surface area contributed by atoms with Crippen molar-refractivity contribution in [3.63, 3.8) is 0 Å². The van der Waals surface area contributed by atoms with Crippen LogP contribution in [0.2, 0.25) is 5.02 Å². The fourth-order valence-electron chi connectivity index (χ4n) is 2.54. The molecule has 1 fully saturated rings. The zero-order valence-electron chi connectivity index (χ0n) is 11.0. The molecule has 1 saturated heterocycles. The van der Waals surface area contributed by atoms with Crippen LogP contribution >= 0.6 is 11.6 Å². The van der Waals surface area contributed by atoms with E-state index in [0.29, 0.717) is 13.0 Å². The number of rotatable bonds is 2. The Balaban J connectivity index is 2.24. The first kappa shape index (κ1) is 14.8. The number of aliphatic carboxylic acids is 1. The maximum absolute atomic E-state index is 13.4. The topological polar surface area (TPSA) is 57.6 Å². The number of benzene rings is 1. The van der Waals surface area contributed by atoms with Gasteiger partial charge in [0.25, 0.3) is 5.91 Å². The molecule has 0 bridgehead atoms. The van der Waals surface area contributed by atoms with Gasteiger partial charge in [-0.25, -0.2) is 4.39 Å². The summed E-state index contributed by atoms with van der Waals surface area (Å²) in [6, 6.07) is 4.04. The number of nitrogens with zero attached hydrogens (tertiary/aromatic N) is 1. The molecule has 0 aliphatic carbocycles. The van der Waals surface area contributed by atoms with Crippen molar-refractivity contribution in [2.45, 2.75) is 13.3 Å². The Morgan fingerprint density at radius 3 is 2.75 bits per heavy atom. The van der Waals surface area contributed by atoms with E-state index in [1.807, 2.05) is 6.92 Å². The zero-order valence-corrected chi connectivity index (χ0v) is 11.7. The van der Waals surface area contributed by atoms with Crippen LogP contribution in [-0.4, -0.2) is 35.0 Å². The third-order valence-electron chi connectivity index (χ3n) is 3.48. The molecule has 2 atom stereocenters. The summed E-state index contributed by atoms with van der Waals surface area (Å²) >= 11 is 5.80. The van der Waals surface area contributed by atoms with Crippen LogP contribution in [-0.2, 0) is 4.79 Å². The van der Waals surface area contributed by atoms with Crippen LogP contribution < -0.4 is 0 Å². The van der Waals surface area contributed by atoms with Gasteiger partial charge in [-0.05, 0) is 24.5 Å². The van der Waals surface area contributed by atoms with Gasteiger partial charge in [-0.1, -0.05) is 24.6 Å². The molecule has 1 heterocycles. The van der Waals surface area contributed by atoms with Gasteiger partial charge < -0.3 is 10.0 Å². The lowest BCUT2D eigenvalue weighted by Gasteiger charge is -2.34. The maximum atomic E-state index is 13.4. The van der Waals surface area contributed by atoms with E-state index in [4.69, 9.17) is 16.7 Å². The fraction of sp³-hybridized carbons (Fsp3) is 0.429.